The van der Waals surface area contributed by atoms with E-state index < -0.39 is 11.9 Å². The highest BCUT2D eigenvalue weighted by Crippen LogP contribution is 2.46. The summed E-state index contributed by atoms with van der Waals surface area (Å²) in [5.41, 5.74) is -0.650. The number of rotatable bonds is 4. The monoisotopic (exact) mass is 379 g/mol. The molecule has 2 atom stereocenters. The molecule has 1 saturated carbocycles. The third kappa shape index (κ3) is 4.11. The summed E-state index contributed by atoms with van der Waals surface area (Å²) in [6.07, 6.45) is -3.00. The molecule has 140 valence electrons. The Balaban J connectivity index is 1.71. The molecule has 1 aliphatic heterocycles. The van der Waals surface area contributed by atoms with E-state index in [-0.39, 0.29) is 42.0 Å². The zero-order valence-corrected chi connectivity index (χ0v) is 14.9. The van der Waals surface area contributed by atoms with E-state index in [2.05, 4.69) is 5.10 Å². The maximum Gasteiger partial charge on any atom is 0.436 e. The molecule has 2 heterocycles. The lowest BCUT2D eigenvalue weighted by molar-refractivity contribution is -0.143. The summed E-state index contributed by atoms with van der Waals surface area (Å²) in [7, 11) is 0. The topological polar surface area (TPSA) is 47.4 Å². The highest BCUT2D eigenvalue weighted by Gasteiger charge is 2.42. The lowest BCUT2D eigenvalue weighted by Gasteiger charge is -2.35. The number of halogens is 4. The molecule has 1 aromatic rings. The largest absolute Gasteiger partial charge is 0.436 e. The van der Waals surface area contributed by atoms with Gasteiger partial charge in [-0.15, -0.1) is 0 Å². The van der Waals surface area contributed by atoms with Crippen molar-refractivity contribution in [2.45, 2.75) is 64.0 Å². The Morgan fingerprint density at radius 1 is 1.28 bits per heavy atom. The predicted molar refractivity (Wildman–Crippen MR) is 85.4 cm³/mol. The number of amides is 1. The first-order chi connectivity index (χ1) is 11.7. The number of aromatic nitrogens is 2. The second-order valence-corrected chi connectivity index (χ2v) is 7.23. The van der Waals surface area contributed by atoms with Gasteiger partial charge in [0, 0.05) is 25.4 Å². The summed E-state index contributed by atoms with van der Waals surface area (Å²) in [4.78, 5) is 14.1. The Kier molecular flexibility index (Phi) is 5.03. The minimum atomic E-state index is -4.59. The van der Waals surface area contributed by atoms with Gasteiger partial charge in [0.05, 0.1) is 29.5 Å². The van der Waals surface area contributed by atoms with E-state index in [0.29, 0.717) is 18.8 Å². The van der Waals surface area contributed by atoms with Crippen LogP contribution in [0.4, 0.5) is 13.2 Å². The van der Waals surface area contributed by atoms with Crippen molar-refractivity contribution >= 4 is 17.5 Å². The van der Waals surface area contributed by atoms with Crippen molar-refractivity contribution < 1.29 is 22.7 Å². The van der Waals surface area contributed by atoms with Crippen LogP contribution in [0.2, 0.25) is 5.02 Å². The first-order valence-corrected chi connectivity index (χ1v) is 8.81. The molecule has 9 heteroatoms. The number of alkyl halides is 3. The van der Waals surface area contributed by atoms with Gasteiger partial charge in [-0.2, -0.15) is 18.3 Å². The number of nitrogens with zero attached hydrogens (tertiary/aromatic N) is 3. The molecule has 5 nitrogen and oxygen atoms in total. The fourth-order valence-corrected chi connectivity index (χ4v) is 3.69. The lowest BCUT2D eigenvalue weighted by atomic mass is 10.2. The molecule has 1 saturated heterocycles. The normalized spacial score (nSPS) is 24.6. The number of carbonyl (C=O) groups is 1. The molecule has 2 fully saturated rings. The van der Waals surface area contributed by atoms with Crippen LogP contribution in [0.1, 0.15) is 50.4 Å². The quantitative estimate of drug-likeness (QED) is 0.805. The van der Waals surface area contributed by atoms with Crippen LogP contribution in [-0.2, 0) is 22.3 Å². The number of aryl methyl sites for hydroxylation is 1. The van der Waals surface area contributed by atoms with Gasteiger partial charge in [0.1, 0.15) is 0 Å². The summed E-state index contributed by atoms with van der Waals surface area (Å²) in [6.45, 7) is 4.87. The van der Waals surface area contributed by atoms with Crippen LogP contribution in [0.3, 0.4) is 0 Å². The van der Waals surface area contributed by atoms with E-state index in [4.69, 9.17) is 16.3 Å². The van der Waals surface area contributed by atoms with Crippen LogP contribution in [0.25, 0.3) is 0 Å². The third-order valence-corrected chi connectivity index (χ3v) is 4.85. The maximum absolute atomic E-state index is 13.1. The summed E-state index contributed by atoms with van der Waals surface area (Å²) in [5.74, 6) is -0.0986. The van der Waals surface area contributed by atoms with Gasteiger partial charge in [-0.25, -0.2) is 0 Å². The molecular weight excluding hydrogens is 359 g/mol. The van der Waals surface area contributed by atoms with E-state index >= 15 is 0 Å². The SMILES string of the molecule is C[C@@H]1CN(C(=O)CCn2nc(C(F)(F)F)c(Cl)c2C2CC2)C[C@H](C)O1. The molecule has 0 aromatic carbocycles. The van der Waals surface area contributed by atoms with Crippen molar-refractivity contribution in [2.75, 3.05) is 13.1 Å². The first kappa shape index (κ1) is 18.5. The summed E-state index contributed by atoms with van der Waals surface area (Å²) in [6, 6.07) is 0. The Bertz CT molecular complexity index is 648. The average molecular weight is 380 g/mol. The van der Waals surface area contributed by atoms with Gasteiger partial charge in [0.15, 0.2) is 5.69 Å². The zero-order valence-electron chi connectivity index (χ0n) is 14.1. The van der Waals surface area contributed by atoms with Gasteiger partial charge in [0.2, 0.25) is 5.91 Å². The second-order valence-electron chi connectivity index (χ2n) is 6.85. The molecule has 3 rings (SSSR count). The summed E-state index contributed by atoms with van der Waals surface area (Å²) < 4.78 is 46.0. The van der Waals surface area contributed by atoms with Crippen molar-refractivity contribution in [1.29, 1.82) is 0 Å². The van der Waals surface area contributed by atoms with Crippen LogP contribution >= 0.6 is 11.6 Å². The minimum absolute atomic E-state index is 0.00892. The van der Waals surface area contributed by atoms with Crippen molar-refractivity contribution in [3.05, 3.63) is 16.4 Å². The fraction of sp³-hybridized carbons (Fsp3) is 0.750. The van der Waals surface area contributed by atoms with Crippen molar-refractivity contribution in [1.82, 2.24) is 14.7 Å². The molecule has 1 aliphatic carbocycles. The number of ether oxygens (including phenoxy) is 1. The van der Waals surface area contributed by atoms with E-state index in [0.717, 1.165) is 12.8 Å². The number of carbonyl (C=O) groups excluding carboxylic acids is 1. The molecule has 0 spiro atoms. The van der Waals surface area contributed by atoms with Crippen LogP contribution in [-0.4, -0.2) is 45.9 Å². The number of morpholine rings is 1. The Labute approximate surface area is 149 Å². The van der Waals surface area contributed by atoms with Gasteiger partial charge in [-0.3, -0.25) is 9.48 Å². The molecule has 2 aliphatic rings. The van der Waals surface area contributed by atoms with Crippen molar-refractivity contribution in [3.8, 4) is 0 Å². The molecule has 25 heavy (non-hydrogen) atoms. The van der Waals surface area contributed by atoms with Gasteiger partial charge in [-0.1, -0.05) is 11.6 Å². The molecule has 0 bridgehead atoms. The molecule has 1 aromatic heterocycles. The summed E-state index contributed by atoms with van der Waals surface area (Å²) in [5, 5.41) is 3.33. The van der Waals surface area contributed by atoms with E-state index in [9.17, 15) is 18.0 Å². The Morgan fingerprint density at radius 3 is 2.40 bits per heavy atom. The van der Waals surface area contributed by atoms with E-state index in [1.54, 1.807) is 4.90 Å². The van der Waals surface area contributed by atoms with Gasteiger partial charge < -0.3 is 9.64 Å². The van der Waals surface area contributed by atoms with Gasteiger partial charge in [-0.05, 0) is 26.7 Å². The highest BCUT2D eigenvalue weighted by molar-refractivity contribution is 6.32. The molecule has 0 unspecified atom stereocenters. The fourth-order valence-electron chi connectivity index (χ4n) is 3.29. The van der Waals surface area contributed by atoms with Crippen LogP contribution < -0.4 is 0 Å². The van der Waals surface area contributed by atoms with Crippen molar-refractivity contribution in [3.63, 3.8) is 0 Å². The highest BCUT2D eigenvalue weighted by atomic mass is 35.5. The number of hydrogen-bond acceptors (Lipinski definition) is 3. The molecule has 0 N–H and O–H groups in total. The summed E-state index contributed by atoms with van der Waals surface area (Å²) >= 11 is 5.94. The maximum atomic E-state index is 13.1. The molecule has 0 radical (unpaired) electrons. The predicted octanol–water partition coefficient (Wildman–Crippen LogP) is 3.46. The second kappa shape index (κ2) is 6.79. The first-order valence-electron chi connectivity index (χ1n) is 8.43. The smallest absolute Gasteiger partial charge is 0.372 e. The number of hydrogen-bond donors (Lipinski definition) is 0. The Morgan fingerprint density at radius 2 is 1.88 bits per heavy atom. The van der Waals surface area contributed by atoms with E-state index in [1.807, 2.05) is 13.8 Å². The standard InChI is InChI=1S/C16H21ClF3N3O2/c1-9-7-22(8-10(2)25-9)12(24)5-6-23-14(11-3-4-11)13(17)15(21-23)16(18,19)20/h9-11H,3-8H2,1-2H3/t9-,10+. The molecular formula is C16H21ClF3N3O2. The van der Waals surface area contributed by atoms with Gasteiger partial charge in [0.25, 0.3) is 0 Å². The Hall–Kier alpha value is -1.28. The van der Waals surface area contributed by atoms with Crippen molar-refractivity contribution in [2.24, 2.45) is 0 Å². The van der Waals surface area contributed by atoms with E-state index in [1.165, 1.54) is 4.68 Å². The lowest BCUT2D eigenvalue weighted by Crippen LogP contribution is -2.48. The van der Waals surface area contributed by atoms with Crippen LogP contribution in [0.5, 0.6) is 0 Å². The van der Waals surface area contributed by atoms with Crippen LogP contribution in [0, 0.1) is 0 Å². The molecule has 1 amide bonds. The van der Waals surface area contributed by atoms with Gasteiger partial charge >= 0.3 is 6.18 Å². The minimum Gasteiger partial charge on any atom is -0.372 e. The third-order valence-electron chi connectivity index (χ3n) is 4.47. The zero-order chi connectivity index (χ0) is 18.4. The van der Waals surface area contributed by atoms with Crippen LogP contribution in [0.15, 0.2) is 0 Å². The average Bonchev–Trinajstić information content (AvgIpc) is 3.26.